The van der Waals surface area contributed by atoms with Crippen molar-refractivity contribution in [1.82, 2.24) is 0 Å². The summed E-state index contributed by atoms with van der Waals surface area (Å²) in [4.78, 5) is 0. The van der Waals surface area contributed by atoms with Crippen LogP contribution in [0.25, 0.3) is 81.5 Å². The first-order valence-electron chi connectivity index (χ1n) is 24.9. The van der Waals surface area contributed by atoms with E-state index in [0.717, 1.165) is 44.9 Å². The smallest absolute Gasteiger partial charge is 0.000923 e. The minimum absolute atomic E-state index is 0.154. The van der Waals surface area contributed by atoms with E-state index in [4.69, 9.17) is 0 Å². The number of allylic oxidation sites excluding steroid dienone is 1. The Balaban J connectivity index is 1.18. The second kappa shape index (κ2) is 13.5. The summed E-state index contributed by atoms with van der Waals surface area (Å²) in [6, 6.07) is 76.1. The number of hydrogen-bond donors (Lipinski definition) is 0. The molecule has 5 aliphatic rings. The second-order valence-electron chi connectivity index (χ2n) is 21.8. The molecular formula is C67H52. The fourth-order valence-electron chi connectivity index (χ4n) is 16.5. The van der Waals surface area contributed by atoms with E-state index in [1.807, 2.05) is 0 Å². The molecule has 4 saturated carbocycles. The van der Waals surface area contributed by atoms with Gasteiger partial charge in [-0.05, 0) is 206 Å². The highest BCUT2D eigenvalue weighted by Gasteiger charge is 2.71. The molecule has 320 valence electrons. The normalized spacial score (nSPS) is 25.3. The molecule has 0 nitrogen and oxygen atoms in total. The Hall–Kier alpha value is -7.02. The quantitative estimate of drug-likeness (QED) is 0.155. The standard InChI is InChI=1S/C67H52/c1-43-30-31-51-36-50-22-8-15-29-58(50)63(59(51)32-43)67-40-64(60-52-23-9-2-16-44(52)33-45-17-3-10-24-53(45)60)37-65(41-67,61-54-25-11-4-18-46(54)34-47-19-5-12-26-55(47)61)39-66(38-64,42-67)62-56-27-13-6-20-48(56)35-49-21-7-14-28-57(49)62/h2-31,33-36,43H,32,37-42H2,1H3. The summed E-state index contributed by atoms with van der Waals surface area (Å²) < 4.78 is 0. The van der Waals surface area contributed by atoms with Crippen molar-refractivity contribution in [3.05, 3.63) is 234 Å². The van der Waals surface area contributed by atoms with Crippen LogP contribution in [0.3, 0.4) is 0 Å². The highest BCUT2D eigenvalue weighted by molar-refractivity contribution is 6.07. The van der Waals surface area contributed by atoms with E-state index in [2.05, 4.69) is 213 Å². The Labute approximate surface area is 392 Å². The van der Waals surface area contributed by atoms with Crippen LogP contribution >= 0.6 is 0 Å². The van der Waals surface area contributed by atoms with Crippen molar-refractivity contribution in [1.29, 1.82) is 0 Å². The molecule has 0 heteroatoms. The van der Waals surface area contributed by atoms with Gasteiger partial charge in [0.1, 0.15) is 0 Å². The van der Waals surface area contributed by atoms with Crippen LogP contribution in [0.1, 0.15) is 78.8 Å². The van der Waals surface area contributed by atoms with Gasteiger partial charge < -0.3 is 0 Å². The topological polar surface area (TPSA) is 0 Å². The lowest BCUT2D eigenvalue weighted by Crippen LogP contribution is -2.67. The molecular weight excluding hydrogens is 805 g/mol. The Morgan fingerprint density at radius 2 is 0.567 bits per heavy atom. The van der Waals surface area contributed by atoms with Crippen molar-refractivity contribution < 1.29 is 0 Å². The zero-order valence-corrected chi connectivity index (χ0v) is 38.2. The molecule has 0 amide bonds. The fraction of sp³-hybridized carbons (Fsp3) is 0.194. The maximum Gasteiger partial charge on any atom is -0.000923 e. The Kier molecular flexibility index (Phi) is 7.71. The molecule has 11 aromatic rings. The number of rotatable bonds is 4. The van der Waals surface area contributed by atoms with Gasteiger partial charge in [-0.15, -0.1) is 0 Å². The molecule has 4 fully saturated rings. The number of hydrogen-bond acceptors (Lipinski definition) is 0. The minimum Gasteiger partial charge on any atom is -0.0808 e. The first kappa shape index (κ1) is 38.1. The summed E-state index contributed by atoms with van der Waals surface area (Å²) in [5.74, 6) is 0.476. The lowest BCUT2D eigenvalue weighted by atomic mass is 9.31. The molecule has 4 bridgehead atoms. The zero-order valence-electron chi connectivity index (χ0n) is 38.2. The van der Waals surface area contributed by atoms with Crippen molar-refractivity contribution >= 4 is 81.5 Å². The molecule has 1 atom stereocenters. The first-order chi connectivity index (χ1) is 32.9. The molecule has 16 rings (SSSR count). The average molecular weight is 857 g/mol. The van der Waals surface area contributed by atoms with Crippen LogP contribution in [0, 0.1) is 5.92 Å². The summed E-state index contributed by atoms with van der Waals surface area (Å²) in [7, 11) is 0. The Bertz CT molecular complexity index is 3460. The third-order valence-electron chi connectivity index (χ3n) is 17.8. The maximum absolute atomic E-state index is 2.52. The molecule has 0 saturated heterocycles. The highest BCUT2D eigenvalue weighted by Crippen LogP contribution is 2.77. The van der Waals surface area contributed by atoms with Gasteiger partial charge in [0.2, 0.25) is 0 Å². The van der Waals surface area contributed by atoms with E-state index < -0.39 is 0 Å². The molecule has 1 unspecified atom stereocenters. The highest BCUT2D eigenvalue weighted by atomic mass is 14.7. The second-order valence-corrected chi connectivity index (χ2v) is 21.8. The third-order valence-corrected chi connectivity index (χ3v) is 17.8. The number of fused-ring (bicyclic) bond motifs is 8. The van der Waals surface area contributed by atoms with Crippen molar-refractivity contribution in [3.63, 3.8) is 0 Å². The van der Waals surface area contributed by atoms with Crippen LogP contribution < -0.4 is 0 Å². The van der Waals surface area contributed by atoms with E-state index in [9.17, 15) is 0 Å². The maximum atomic E-state index is 2.52. The summed E-state index contributed by atoms with van der Waals surface area (Å²) >= 11 is 0. The van der Waals surface area contributed by atoms with Crippen molar-refractivity contribution in [3.8, 4) is 0 Å². The van der Waals surface area contributed by atoms with Crippen molar-refractivity contribution in [2.45, 2.75) is 73.5 Å². The molecule has 67 heavy (non-hydrogen) atoms. The molecule has 0 aromatic heterocycles. The van der Waals surface area contributed by atoms with Crippen LogP contribution in [0.5, 0.6) is 0 Å². The Morgan fingerprint density at radius 1 is 0.313 bits per heavy atom. The van der Waals surface area contributed by atoms with Gasteiger partial charge in [0.15, 0.2) is 0 Å². The zero-order chi connectivity index (χ0) is 44.1. The van der Waals surface area contributed by atoms with E-state index in [1.165, 1.54) is 81.0 Å². The average Bonchev–Trinajstić information content (AvgIpc) is 3.35. The van der Waals surface area contributed by atoms with Crippen LogP contribution in [0.15, 0.2) is 200 Å². The molecule has 0 heterocycles. The van der Waals surface area contributed by atoms with Gasteiger partial charge in [0.05, 0.1) is 0 Å². The summed E-state index contributed by atoms with van der Waals surface area (Å²) in [5, 5.41) is 19.6. The summed E-state index contributed by atoms with van der Waals surface area (Å²) in [6.07, 6.45) is 12.8. The van der Waals surface area contributed by atoms with Crippen LogP contribution in [-0.4, -0.2) is 0 Å². The van der Waals surface area contributed by atoms with Gasteiger partial charge in [-0.1, -0.05) is 189 Å². The van der Waals surface area contributed by atoms with Gasteiger partial charge in [-0.3, -0.25) is 0 Å². The van der Waals surface area contributed by atoms with E-state index in [0.29, 0.717) is 5.92 Å². The lowest BCUT2D eigenvalue weighted by Gasteiger charge is -2.72. The van der Waals surface area contributed by atoms with Gasteiger partial charge in [-0.25, -0.2) is 0 Å². The molecule has 0 spiro atoms. The van der Waals surface area contributed by atoms with Crippen LogP contribution in [0.2, 0.25) is 0 Å². The van der Waals surface area contributed by atoms with Gasteiger partial charge in [-0.2, -0.15) is 0 Å². The predicted octanol–water partition coefficient (Wildman–Crippen LogP) is 17.4. The van der Waals surface area contributed by atoms with Crippen molar-refractivity contribution in [2.24, 2.45) is 5.92 Å². The van der Waals surface area contributed by atoms with Crippen LogP contribution in [-0.2, 0) is 28.1 Å². The Morgan fingerprint density at radius 3 is 0.881 bits per heavy atom. The van der Waals surface area contributed by atoms with Gasteiger partial charge in [0.25, 0.3) is 0 Å². The van der Waals surface area contributed by atoms with Crippen molar-refractivity contribution in [2.75, 3.05) is 0 Å². The molecule has 0 aliphatic heterocycles. The summed E-state index contributed by atoms with van der Waals surface area (Å²) in [5.41, 5.74) is 8.79. The monoisotopic (exact) mass is 856 g/mol. The summed E-state index contributed by atoms with van der Waals surface area (Å²) in [6.45, 7) is 2.44. The molecule has 11 aromatic carbocycles. The number of benzene rings is 11. The largest absolute Gasteiger partial charge is 0.0808 e. The molecule has 0 N–H and O–H groups in total. The molecule has 0 radical (unpaired) electrons. The lowest BCUT2D eigenvalue weighted by molar-refractivity contribution is -0.0658. The van der Waals surface area contributed by atoms with E-state index in [-0.39, 0.29) is 21.7 Å². The van der Waals surface area contributed by atoms with Gasteiger partial charge in [0, 0.05) is 0 Å². The fourth-order valence-corrected chi connectivity index (χ4v) is 16.5. The SMILES string of the molecule is CC1C=Cc2cc3ccccc3c(C34CC5(c6c7ccccc7cc7ccccc67)CC(c6c7ccccc7cc7ccccc67)(C3)CC(c3c6ccccc6cc6ccccc36)(C4)C5)c2C1. The predicted molar refractivity (Wildman–Crippen MR) is 285 cm³/mol. The van der Waals surface area contributed by atoms with Gasteiger partial charge >= 0.3 is 0 Å². The van der Waals surface area contributed by atoms with Crippen LogP contribution in [0.4, 0.5) is 0 Å². The minimum atomic E-state index is -0.175. The van der Waals surface area contributed by atoms with E-state index >= 15 is 0 Å². The third kappa shape index (κ3) is 5.25. The molecule has 5 aliphatic carbocycles. The first-order valence-corrected chi connectivity index (χ1v) is 24.9. The van der Waals surface area contributed by atoms with E-state index in [1.54, 1.807) is 27.8 Å².